The molecule has 3 rings (SSSR count). The van der Waals surface area contributed by atoms with Crippen molar-refractivity contribution in [3.05, 3.63) is 70.0 Å². The van der Waals surface area contributed by atoms with Gasteiger partial charge in [0, 0.05) is 25.0 Å². The Kier molecular flexibility index (Phi) is 6.11. The number of rotatable bonds is 7. The van der Waals surface area contributed by atoms with E-state index >= 15 is 0 Å². The average Bonchev–Trinajstić information content (AvgIpc) is 3.12. The van der Waals surface area contributed by atoms with Crippen LogP contribution in [0, 0.1) is 20.8 Å². The van der Waals surface area contributed by atoms with E-state index in [9.17, 15) is 9.59 Å². The first-order chi connectivity index (χ1) is 13.9. The van der Waals surface area contributed by atoms with Crippen LogP contribution < -0.4 is 15.6 Å². The average molecular weight is 395 g/mol. The molecule has 8 nitrogen and oxygen atoms in total. The summed E-state index contributed by atoms with van der Waals surface area (Å²) in [7, 11) is 0. The lowest BCUT2D eigenvalue weighted by Crippen LogP contribution is -2.39. The normalized spacial score (nSPS) is 11.9. The topological polar surface area (TPSA) is 91.0 Å². The van der Waals surface area contributed by atoms with Crippen molar-refractivity contribution in [3.8, 4) is 11.6 Å². The Bertz CT molecular complexity index is 1070. The van der Waals surface area contributed by atoms with Crippen LogP contribution in [0.4, 0.5) is 0 Å². The number of aryl methyl sites for hydroxylation is 2. The Labute approximate surface area is 169 Å². The minimum atomic E-state index is -0.653. The summed E-state index contributed by atoms with van der Waals surface area (Å²) in [5.41, 5.74) is 1.88. The van der Waals surface area contributed by atoms with Crippen LogP contribution in [0.5, 0.6) is 5.75 Å². The fourth-order valence-corrected chi connectivity index (χ4v) is 2.87. The Balaban J connectivity index is 1.59. The molecule has 2 heterocycles. The second kappa shape index (κ2) is 8.72. The molecule has 1 unspecified atom stereocenters. The van der Waals surface area contributed by atoms with Gasteiger partial charge in [0.15, 0.2) is 11.9 Å². The molecular formula is C21H25N5O3. The summed E-state index contributed by atoms with van der Waals surface area (Å²) < 4.78 is 8.90. The van der Waals surface area contributed by atoms with Crippen LogP contribution in [-0.4, -0.2) is 37.9 Å². The molecule has 1 atom stereocenters. The van der Waals surface area contributed by atoms with E-state index in [1.807, 2.05) is 39.0 Å². The lowest BCUT2D eigenvalue weighted by molar-refractivity contribution is -0.127. The van der Waals surface area contributed by atoms with E-state index in [0.717, 1.165) is 17.0 Å². The third-order valence-electron chi connectivity index (χ3n) is 4.78. The standard InChI is InChI=1S/C21H25N5O3/c1-14-6-5-7-18(15(14)2)29-16(3)21(28)23-11-13-26-20(27)9-8-19(24-26)25-12-10-22-17(25)4/h5-10,12,16H,11,13H2,1-4H3,(H,23,28). The van der Waals surface area contributed by atoms with Gasteiger partial charge in [-0.05, 0) is 51.0 Å². The first-order valence-electron chi connectivity index (χ1n) is 9.46. The number of carbonyl (C=O) groups excluding carboxylic acids is 1. The number of hydrogen-bond acceptors (Lipinski definition) is 5. The largest absolute Gasteiger partial charge is 0.481 e. The van der Waals surface area contributed by atoms with E-state index < -0.39 is 6.10 Å². The molecule has 0 radical (unpaired) electrons. The molecule has 8 heteroatoms. The number of nitrogens with zero attached hydrogens (tertiary/aromatic N) is 4. The van der Waals surface area contributed by atoms with Crippen LogP contribution in [0.2, 0.25) is 0 Å². The van der Waals surface area contributed by atoms with Crippen molar-refractivity contribution >= 4 is 5.91 Å². The fourth-order valence-electron chi connectivity index (χ4n) is 2.87. The summed E-state index contributed by atoms with van der Waals surface area (Å²) in [5, 5.41) is 7.15. The Morgan fingerprint density at radius 3 is 2.72 bits per heavy atom. The van der Waals surface area contributed by atoms with Crippen LogP contribution in [-0.2, 0) is 11.3 Å². The molecule has 29 heavy (non-hydrogen) atoms. The molecule has 0 spiro atoms. The van der Waals surface area contributed by atoms with Crippen molar-refractivity contribution in [2.75, 3.05) is 6.54 Å². The van der Waals surface area contributed by atoms with Gasteiger partial charge in [-0.2, -0.15) is 5.10 Å². The van der Waals surface area contributed by atoms with E-state index in [4.69, 9.17) is 4.74 Å². The Morgan fingerprint density at radius 1 is 1.21 bits per heavy atom. The summed E-state index contributed by atoms with van der Waals surface area (Å²) in [6.45, 7) is 8.03. The number of amides is 1. The molecule has 0 bridgehead atoms. The van der Waals surface area contributed by atoms with E-state index in [1.54, 1.807) is 30.0 Å². The third-order valence-corrected chi connectivity index (χ3v) is 4.78. The zero-order chi connectivity index (χ0) is 21.0. The first kappa shape index (κ1) is 20.3. The number of benzene rings is 1. The summed E-state index contributed by atoms with van der Waals surface area (Å²) >= 11 is 0. The second-order valence-electron chi connectivity index (χ2n) is 6.85. The molecule has 0 aliphatic heterocycles. The maximum Gasteiger partial charge on any atom is 0.266 e. The number of carbonyl (C=O) groups is 1. The highest BCUT2D eigenvalue weighted by Crippen LogP contribution is 2.21. The number of nitrogens with one attached hydrogen (secondary N) is 1. The third kappa shape index (κ3) is 4.71. The summed E-state index contributed by atoms with van der Waals surface area (Å²) in [6.07, 6.45) is 2.80. The highest BCUT2D eigenvalue weighted by molar-refractivity contribution is 5.80. The zero-order valence-corrected chi connectivity index (χ0v) is 17.0. The van der Waals surface area contributed by atoms with Crippen LogP contribution in [0.15, 0.2) is 47.5 Å². The molecular weight excluding hydrogens is 370 g/mol. The summed E-state index contributed by atoms with van der Waals surface area (Å²) in [5.74, 6) is 1.81. The minimum Gasteiger partial charge on any atom is -0.481 e. The van der Waals surface area contributed by atoms with Crippen LogP contribution in [0.1, 0.15) is 23.9 Å². The molecule has 1 amide bonds. The molecule has 2 aromatic heterocycles. The molecule has 0 saturated heterocycles. The Hall–Kier alpha value is -3.42. The van der Waals surface area contributed by atoms with Crippen molar-refractivity contribution < 1.29 is 9.53 Å². The van der Waals surface area contributed by atoms with Gasteiger partial charge in [-0.3, -0.25) is 14.2 Å². The smallest absolute Gasteiger partial charge is 0.266 e. The maximum absolute atomic E-state index is 12.4. The molecule has 1 aromatic carbocycles. The molecule has 0 saturated carbocycles. The first-order valence-corrected chi connectivity index (χ1v) is 9.46. The van der Waals surface area contributed by atoms with Crippen molar-refractivity contribution in [1.29, 1.82) is 0 Å². The van der Waals surface area contributed by atoms with Gasteiger partial charge in [0.25, 0.3) is 11.5 Å². The fraction of sp³-hybridized carbons (Fsp3) is 0.333. The highest BCUT2D eigenvalue weighted by atomic mass is 16.5. The molecule has 0 aliphatic carbocycles. The number of ether oxygens (including phenoxy) is 1. The zero-order valence-electron chi connectivity index (χ0n) is 17.0. The predicted octanol–water partition coefficient (Wildman–Crippen LogP) is 1.94. The Morgan fingerprint density at radius 2 is 2.00 bits per heavy atom. The lowest BCUT2D eigenvalue weighted by Gasteiger charge is -2.17. The van der Waals surface area contributed by atoms with Crippen LogP contribution >= 0.6 is 0 Å². The van der Waals surface area contributed by atoms with E-state index in [0.29, 0.717) is 11.6 Å². The van der Waals surface area contributed by atoms with Crippen molar-refractivity contribution in [2.45, 2.75) is 40.3 Å². The van der Waals surface area contributed by atoms with Gasteiger partial charge in [0.1, 0.15) is 11.6 Å². The number of imidazole rings is 1. The van der Waals surface area contributed by atoms with Gasteiger partial charge in [-0.25, -0.2) is 9.67 Å². The predicted molar refractivity (Wildman–Crippen MR) is 109 cm³/mol. The van der Waals surface area contributed by atoms with Gasteiger partial charge in [0.05, 0.1) is 6.54 Å². The molecule has 3 aromatic rings. The van der Waals surface area contributed by atoms with Gasteiger partial charge in [-0.1, -0.05) is 12.1 Å². The van der Waals surface area contributed by atoms with E-state index in [1.165, 1.54) is 10.7 Å². The SMILES string of the molecule is Cc1cccc(OC(C)C(=O)NCCn2nc(-n3ccnc3C)ccc2=O)c1C. The monoisotopic (exact) mass is 395 g/mol. The van der Waals surface area contributed by atoms with E-state index in [-0.39, 0.29) is 24.6 Å². The molecule has 152 valence electrons. The van der Waals surface area contributed by atoms with Gasteiger partial charge in [-0.15, -0.1) is 0 Å². The van der Waals surface area contributed by atoms with Crippen molar-refractivity contribution in [1.82, 2.24) is 24.6 Å². The van der Waals surface area contributed by atoms with Crippen LogP contribution in [0.3, 0.4) is 0 Å². The van der Waals surface area contributed by atoms with Crippen LogP contribution in [0.25, 0.3) is 5.82 Å². The summed E-state index contributed by atoms with van der Waals surface area (Å²) in [6, 6.07) is 8.84. The van der Waals surface area contributed by atoms with Crippen molar-refractivity contribution in [3.63, 3.8) is 0 Å². The molecule has 0 fully saturated rings. The summed E-state index contributed by atoms with van der Waals surface area (Å²) in [4.78, 5) is 28.6. The molecule has 1 N–H and O–H groups in total. The van der Waals surface area contributed by atoms with E-state index in [2.05, 4.69) is 15.4 Å². The minimum absolute atomic E-state index is 0.236. The number of aromatic nitrogens is 4. The second-order valence-corrected chi connectivity index (χ2v) is 6.85. The quantitative estimate of drug-likeness (QED) is 0.660. The molecule has 0 aliphatic rings. The highest BCUT2D eigenvalue weighted by Gasteiger charge is 2.16. The number of hydrogen-bond donors (Lipinski definition) is 1. The van der Waals surface area contributed by atoms with Gasteiger partial charge < -0.3 is 10.1 Å². The lowest BCUT2D eigenvalue weighted by atomic mass is 10.1. The maximum atomic E-state index is 12.4. The van der Waals surface area contributed by atoms with Gasteiger partial charge >= 0.3 is 0 Å². The van der Waals surface area contributed by atoms with Crippen molar-refractivity contribution in [2.24, 2.45) is 0 Å². The van der Waals surface area contributed by atoms with Gasteiger partial charge in [0.2, 0.25) is 0 Å².